The van der Waals surface area contributed by atoms with Crippen LogP contribution < -0.4 is 5.32 Å². The molecule has 1 aromatic heterocycles. The number of fused-ring (bicyclic) bond motifs is 1. The Morgan fingerprint density at radius 1 is 0.769 bits per heavy atom. The monoisotopic (exact) mass is 367 g/mol. The molecule has 0 saturated heterocycles. The Morgan fingerprint density at radius 3 is 2.12 bits per heavy atom. The van der Waals surface area contributed by atoms with Crippen molar-refractivity contribution in [1.29, 1.82) is 0 Å². The molecule has 0 aliphatic carbocycles. The van der Waals surface area contributed by atoms with Crippen LogP contribution in [0.5, 0.6) is 0 Å². The molecule has 0 radical (unpaired) electrons. The topological polar surface area (TPSA) is 37.8 Å². The first-order valence-corrected chi connectivity index (χ1v) is 8.22. The molecule has 1 N–H and O–H groups in total. The van der Waals surface area contributed by atoms with E-state index in [0.717, 1.165) is 5.39 Å². The van der Waals surface area contributed by atoms with E-state index in [1.165, 1.54) is 24.3 Å². The van der Waals surface area contributed by atoms with Crippen LogP contribution in [0.1, 0.15) is 0 Å². The van der Waals surface area contributed by atoms with Gasteiger partial charge in [-0.1, -0.05) is 11.6 Å². The zero-order chi connectivity index (χ0) is 18.1. The standard InChI is InChI=1S/C20H12ClF2N3/c21-13-3-10-17-18(11-13)25-19(12-1-4-14(22)5-2-12)26-20(17)24-16-8-6-15(23)7-9-16/h1-11H,(H,24,25,26). The highest BCUT2D eigenvalue weighted by atomic mass is 35.5. The lowest BCUT2D eigenvalue weighted by molar-refractivity contribution is 0.627. The van der Waals surface area contributed by atoms with E-state index in [1.54, 1.807) is 36.4 Å². The van der Waals surface area contributed by atoms with Gasteiger partial charge in [0.25, 0.3) is 0 Å². The SMILES string of the molecule is Fc1ccc(Nc2nc(-c3ccc(F)cc3)nc3cc(Cl)ccc23)cc1. The van der Waals surface area contributed by atoms with E-state index < -0.39 is 0 Å². The van der Waals surface area contributed by atoms with Crippen molar-refractivity contribution < 1.29 is 8.78 Å². The predicted molar refractivity (Wildman–Crippen MR) is 99.6 cm³/mol. The number of rotatable bonds is 3. The van der Waals surface area contributed by atoms with Crippen LogP contribution in [0.4, 0.5) is 20.3 Å². The van der Waals surface area contributed by atoms with Gasteiger partial charge in [0.05, 0.1) is 5.52 Å². The Kier molecular flexibility index (Phi) is 4.22. The van der Waals surface area contributed by atoms with Gasteiger partial charge in [-0.25, -0.2) is 18.7 Å². The van der Waals surface area contributed by atoms with Gasteiger partial charge in [0.15, 0.2) is 5.82 Å². The molecule has 4 aromatic rings. The first kappa shape index (κ1) is 16.4. The van der Waals surface area contributed by atoms with Gasteiger partial charge >= 0.3 is 0 Å². The lowest BCUT2D eigenvalue weighted by atomic mass is 10.1. The first-order chi connectivity index (χ1) is 12.6. The van der Waals surface area contributed by atoms with Gasteiger partial charge in [-0.05, 0) is 66.7 Å². The van der Waals surface area contributed by atoms with Crippen molar-refractivity contribution in [3.05, 3.63) is 83.4 Å². The second kappa shape index (κ2) is 6.69. The summed E-state index contributed by atoms with van der Waals surface area (Å²) in [5, 5.41) is 4.50. The van der Waals surface area contributed by atoms with Crippen molar-refractivity contribution in [1.82, 2.24) is 9.97 Å². The highest BCUT2D eigenvalue weighted by Crippen LogP contribution is 2.29. The number of benzene rings is 3. The van der Waals surface area contributed by atoms with Gasteiger partial charge in [-0.15, -0.1) is 0 Å². The summed E-state index contributed by atoms with van der Waals surface area (Å²) in [6.45, 7) is 0. The summed E-state index contributed by atoms with van der Waals surface area (Å²) in [5.41, 5.74) is 2.01. The molecule has 0 saturated carbocycles. The maximum atomic E-state index is 13.2. The molecule has 26 heavy (non-hydrogen) atoms. The number of hydrogen-bond donors (Lipinski definition) is 1. The van der Waals surface area contributed by atoms with Gasteiger partial charge in [-0.3, -0.25) is 0 Å². The Bertz CT molecular complexity index is 1080. The highest BCUT2D eigenvalue weighted by molar-refractivity contribution is 6.31. The summed E-state index contributed by atoms with van der Waals surface area (Å²) in [4.78, 5) is 9.10. The summed E-state index contributed by atoms with van der Waals surface area (Å²) < 4.78 is 26.3. The minimum absolute atomic E-state index is 0.318. The van der Waals surface area contributed by atoms with Gasteiger partial charge in [0.2, 0.25) is 0 Å². The molecule has 0 aliphatic rings. The van der Waals surface area contributed by atoms with E-state index in [9.17, 15) is 8.78 Å². The summed E-state index contributed by atoms with van der Waals surface area (Å²) in [5.74, 6) is 0.339. The maximum absolute atomic E-state index is 13.2. The van der Waals surface area contributed by atoms with Crippen LogP contribution in [0.3, 0.4) is 0 Å². The molecule has 0 aliphatic heterocycles. The van der Waals surface area contributed by atoms with Crippen molar-refractivity contribution >= 4 is 34.0 Å². The number of halogens is 3. The predicted octanol–water partition coefficient (Wildman–Crippen LogP) is 5.97. The molecule has 0 spiro atoms. The molecule has 0 atom stereocenters. The number of nitrogens with one attached hydrogen (secondary N) is 1. The Morgan fingerprint density at radius 2 is 1.42 bits per heavy atom. The largest absolute Gasteiger partial charge is 0.340 e. The smallest absolute Gasteiger partial charge is 0.162 e. The molecule has 0 bridgehead atoms. The van der Waals surface area contributed by atoms with Crippen LogP contribution >= 0.6 is 11.6 Å². The molecule has 0 unspecified atom stereocenters. The van der Waals surface area contributed by atoms with E-state index in [2.05, 4.69) is 15.3 Å². The third-order valence-electron chi connectivity index (χ3n) is 3.87. The molecule has 128 valence electrons. The van der Waals surface area contributed by atoms with Crippen LogP contribution in [0.25, 0.3) is 22.3 Å². The summed E-state index contributed by atoms with van der Waals surface area (Å²) in [6, 6.07) is 17.2. The van der Waals surface area contributed by atoms with Crippen LogP contribution in [0, 0.1) is 11.6 Å². The normalized spacial score (nSPS) is 10.9. The van der Waals surface area contributed by atoms with Crippen molar-refractivity contribution in [2.45, 2.75) is 0 Å². The van der Waals surface area contributed by atoms with Crippen LogP contribution in [0.15, 0.2) is 66.7 Å². The molecule has 0 fully saturated rings. The van der Waals surface area contributed by atoms with Crippen molar-refractivity contribution in [2.75, 3.05) is 5.32 Å². The fourth-order valence-corrected chi connectivity index (χ4v) is 2.76. The molecular weight excluding hydrogens is 356 g/mol. The molecule has 3 nitrogen and oxygen atoms in total. The maximum Gasteiger partial charge on any atom is 0.162 e. The number of aromatic nitrogens is 2. The fraction of sp³-hybridized carbons (Fsp3) is 0. The highest BCUT2D eigenvalue weighted by Gasteiger charge is 2.11. The third-order valence-corrected chi connectivity index (χ3v) is 4.10. The molecule has 1 heterocycles. The van der Waals surface area contributed by atoms with Crippen molar-refractivity contribution in [2.24, 2.45) is 0 Å². The fourth-order valence-electron chi connectivity index (χ4n) is 2.60. The zero-order valence-corrected chi connectivity index (χ0v) is 14.1. The van der Waals surface area contributed by atoms with E-state index in [4.69, 9.17) is 11.6 Å². The van der Waals surface area contributed by atoms with Gasteiger partial charge in [0.1, 0.15) is 17.5 Å². The van der Waals surface area contributed by atoms with E-state index in [0.29, 0.717) is 33.4 Å². The third kappa shape index (κ3) is 3.34. The molecular formula is C20H12ClF2N3. The van der Waals surface area contributed by atoms with Gasteiger partial charge in [0, 0.05) is 21.7 Å². The van der Waals surface area contributed by atoms with Gasteiger partial charge in [-0.2, -0.15) is 0 Å². The molecule has 4 rings (SSSR count). The Balaban J connectivity index is 1.86. The van der Waals surface area contributed by atoms with Crippen molar-refractivity contribution in [3.8, 4) is 11.4 Å². The molecule has 0 amide bonds. The minimum Gasteiger partial charge on any atom is -0.340 e. The number of hydrogen-bond acceptors (Lipinski definition) is 3. The Labute approximate surface area is 153 Å². The lowest BCUT2D eigenvalue weighted by Gasteiger charge is -2.11. The van der Waals surface area contributed by atoms with Gasteiger partial charge < -0.3 is 5.32 Å². The number of nitrogens with zero attached hydrogens (tertiary/aromatic N) is 2. The summed E-state index contributed by atoms with van der Waals surface area (Å²) in [6.07, 6.45) is 0. The van der Waals surface area contributed by atoms with Crippen LogP contribution in [0.2, 0.25) is 5.02 Å². The summed E-state index contributed by atoms with van der Waals surface area (Å²) in [7, 11) is 0. The second-order valence-corrected chi connectivity index (χ2v) is 6.13. The zero-order valence-electron chi connectivity index (χ0n) is 13.4. The first-order valence-electron chi connectivity index (χ1n) is 7.84. The Hall–Kier alpha value is -3.05. The van der Waals surface area contributed by atoms with E-state index >= 15 is 0 Å². The molecule has 6 heteroatoms. The minimum atomic E-state index is -0.331. The van der Waals surface area contributed by atoms with Crippen molar-refractivity contribution in [3.63, 3.8) is 0 Å². The van der Waals surface area contributed by atoms with E-state index in [-0.39, 0.29) is 11.6 Å². The average Bonchev–Trinajstić information content (AvgIpc) is 2.63. The lowest BCUT2D eigenvalue weighted by Crippen LogP contribution is -1.99. The van der Waals surface area contributed by atoms with Crippen LogP contribution in [-0.2, 0) is 0 Å². The molecule has 3 aromatic carbocycles. The number of anilines is 2. The van der Waals surface area contributed by atoms with E-state index in [1.807, 2.05) is 6.07 Å². The summed E-state index contributed by atoms with van der Waals surface area (Å²) >= 11 is 6.10. The van der Waals surface area contributed by atoms with Crippen LogP contribution in [-0.4, -0.2) is 9.97 Å². The quantitative estimate of drug-likeness (QED) is 0.484. The average molecular weight is 368 g/mol. The second-order valence-electron chi connectivity index (χ2n) is 5.70.